The van der Waals surface area contributed by atoms with Gasteiger partial charge in [0.15, 0.2) is 5.96 Å². The lowest BCUT2D eigenvalue weighted by atomic mass is 10.1. The Labute approximate surface area is 197 Å². The Morgan fingerprint density at radius 1 is 1.24 bits per heavy atom. The minimum atomic E-state index is 0. The van der Waals surface area contributed by atoms with Crippen LogP contribution in [0.2, 0.25) is 0 Å². The minimum Gasteiger partial charge on any atom is -0.357 e. The van der Waals surface area contributed by atoms with E-state index in [-0.39, 0.29) is 29.9 Å². The number of nitrogens with one attached hydrogen (secondary N) is 1. The maximum Gasteiger partial charge on any atom is 0.222 e. The van der Waals surface area contributed by atoms with Crippen molar-refractivity contribution in [1.82, 2.24) is 15.1 Å². The molecule has 0 saturated carbocycles. The molecule has 1 aromatic rings. The third-order valence-corrected chi connectivity index (χ3v) is 6.99. The van der Waals surface area contributed by atoms with Crippen LogP contribution in [-0.4, -0.2) is 58.8 Å². The number of guanidine groups is 1. The molecule has 1 atom stereocenters. The zero-order valence-corrected chi connectivity index (χ0v) is 21.0. The molecule has 1 N–H and O–H groups in total. The van der Waals surface area contributed by atoms with Crippen LogP contribution in [0.3, 0.4) is 0 Å². The maximum atomic E-state index is 11.8. The Kier molecular flexibility index (Phi) is 10.1. The maximum absolute atomic E-state index is 11.8. The molecule has 0 spiro atoms. The average Bonchev–Trinajstić information content (AvgIpc) is 3.11. The van der Waals surface area contributed by atoms with E-state index in [0.29, 0.717) is 24.1 Å². The average molecular weight is 531 g/mol. The number of thioether (sulfide) groups is 1. The van der Waals surface area contributed by atoms with E-state index in [4.69, 9.17) is 4.99 Å². The fourth-order valence-corrected chi connectivity index (χ4v) is 5.00. The van der Waals surface area contributed by atoms with Gasteiger partial charge in [0.1, 0.15) is 0 Å². The van der Waals surface area contributed by atoms with Crippen LogP contribution in [0.25, 0.3) is 0 Å². The fraction of sp³-hybridized carbons (Fsp3) is 0.636. The summed E-state index contributed by atoms with van der Waals surface area (Å²) >= 11 is 2.09. The first-order chi connectivity index (χ1) is 13.6. The van der Waals surface area contributed by atoms with E-state index in [1.807, 2.05) is 4.90 Å². The van der Waals surface area contributed by atoms with Gasteiger partial charge >= 0.3 is 0 Å². The first-order valence-electron chi connectivity index (χ1n) is 10.6. The lowest BCUT2D eigenvalue weighted by Gasteiger charge is -2.36. The van der Waals surface area contributed by atoms with Crippen LogP contribution < -0.4 is 5.32 Å². The first kappa shape index (κ1) is 24.3. The normalized spacial score (nSPS) is 20.2. The van der Waals surface area contributed by atoms with Crippen LogP contribution in [-0.2, 0) is 17.9 Å². The zero-order valence-electron chi connectivity index (χ0n) is 17.9. The van der Waals surface area contributed by atoms with Crippen molar-refractivity contribution in [2.45, 2.75) is 52.0 Å². The van der Waals surface area contributed by atoms with Crippen LogP contribution in [0.1, 0.15) is 44.7 Å². The lowest BCUT2D eigenvalue weighted by molar-refractivity contribution is -0.128. The summed E-state index contributed by atoms with van der Waals surface area (Å²) in [7, 11) is 0. The molecule has 1 aromatic carbocycles. The molecule has 162 valence electrons. The first-order valence-corrected chi connectivity index (χ1v) is 11.6. The predicted octanol–water partition coefficient (Wildman–Crippen LogP) is 3.97. The number of halogens is 1. The van der Waals surface area contributed by atoms with Crippen molar-refractivity contribution in [2.24, 2.45) is 10.9 Å². The van der Waals surface area contributed by atoms with Crippen molar-refractivity contribution >= 4 is 47.6 Å². The van der Waals surface area contributed by atoms with E-state index in [2.05, 4.69) is 67.0 Å². The third-order valence-electron chi connectivity index (χ3n) is 5.45. The second-order valence-electron chi connectivity index (χ2n) is 8.00. The zero-order chi connectivity index (χ0) is 19.9. The largest absolute Gasteiger partial charge is 0.357 e. The predicted molar refractivity (Wildman–Crippen MR) is 134 cm³/mol. The van der Waals surface area contributed by atoms with E-state index < -0.39 is 0 Å². The second-order valence-corrected chi connectivity index (χ2v) is 9.35. The monoisotopic (exact) mass is 530 g/mol. The van der Waals surface area contributed by atoms with Gasteiger partial charge in [-0.3, -0.25) is 4.79 Å². The van der Waals surface area contributed by atoms with Gasteiger partial charge < -0.3 is 15.1 Å². The number of rotatable bonds is 6. The van der Waals surface area contributed by atoms with E-state index in [0.717, 1.165) is 50.9 Å². The van der Waals surface area contributed by atoms with E-state index in [1.54, 1.807) is 0 Å². The molecular formula is C22H35IN4OS. The van der Waals surface area contributed by atoms with Gasteiger partial charge in [0.25, 0.3) is 0 Å². The molecule has 29 heavy (non-hydrogen) atoms. The highest BCUT2D eigenvalue weighted by atomic mass is 127. The number of hydrogen-bond donors (Lipinski definition) is 1. The molecule has 0 aliphatic carbocycles. The molecule has 2 aliphatic heterocycles. The van der Waals surface area contributed by atoms with Gasteiger partial charge in [-0.15, -0.1) is 24.0 Å². The summed E-state index contributed by atoms with van der Waals surface area (Å²) in [4.78, 5) is 21.1. The second kappa shape index (κ2) is 12.0. The van der Waals surface area contributed by atoms with Gasteiger partial charge in [-0.2, -0.15) is 11.8 Å². The summed E-state index contributed by atoms with van der Waals surface area (Å²) in [6, 6.07) is 8.56. The molecule has 0 bridgehead atoms. The van der Waals surface area contributed by atoms with Crippen LogP contribution in [0.4, 0.5) is 0 Å². The summed E-state index contributed by atoms with van der Waals surface area (Å²) in [6.45, 7) is 12.1. The van der Waals surface area contributed by atoms with Gasteiger partial charge in [-0.1, -0.05) is 38.1 Å². The molecule has 2 saturated heterocycles. The number of carbonyl (C=O) groups excluding carboxylic acids is 1. The highest BCUT2D eigenvalue weighted by Crippen LogP contribution is 2.25. The third kappa shape index (κ3) is 7.05. The van der Waals surface area contributed by atoms with Gasteiger partial charge in [0.05, 0.1) is 6.54 Å². The van der Waals surface area contributed by atoms with Crippen LogP contribution >= 0.6 is 35.7 Å². The minimum absolute atomic E-state index is 0. The van der Waals surface area contributed by atoms with E-state index >= 15 is 0 Å². The Balaban J connectivity index is 0.00000300. The number of amides is 1. The molecule has 0 radical (unpaired) electrons. The summed E-state index contributed by atoms with van der Waals surface area (Å²) in [5.74, 6) is 3.16. The number of nitrogens with zero attached hydrogens (tertiary/aromatic N) is 3. The number of likely N-dealkylation sites (tertiary alicyclic amines) is 1. The molecule has 7 heteroatoms. The highest BCUT2D eigenvalue weighted by molar-refractivity contribution is 14.0. The number of aliphatic imine (C=N–C) groups is 1. The van der Waals surface area contributed by atoms with E-state index in [9.17, 15) is 4.79 Å². The highest BCUT2D eigenvalue weighted by Gasteiger charge is 2.25. The Morgan fingerprint density at radius 3 is 2.59 bits per heavy atom. The molecular weight excluding hydrogens is 495 g/mol. The summed E-state index contributed by atoms with van der Waals surface area (Å²) in [6.07, 6.45) is 1.69. The van der Waals surface area contributed by atoms with Gasteiger partial charge in [0.2, 0.25) is 5.91 Å². The number of hydrogen-bond acceptors (Lipinski definition) is 3. The van der Waals surface area contributed by atoms with E-state index in [1.165, 1.54) is 11.1 Å². The number of carbonyl (C=O) groups is 1. The number of benzene rings is 1. The van der Waals surface area contributed by atoms with Crippen LogP contribution in [0.5, 0.6) is 0 Å². The van der Waals surface area contributed by atoms with Crippen molar-refractivity contribution < 1.29 is 4.79 Å². The van der Waals surface area contributed by atoms with Crippen molar-refractivity contribution in [3.8, 4) is 0 Å². The molecule has 0 aromatic heterocycles. The molecule has 2 fully saturated rings. The van der Waals surface area contributed by atoms with Crippen molar-refractivity contribution in [2.75, 3.05) is 31.9 Å². The molecule has 2 heterocycles. The summed E-state index contributed by atoms with van der Waals surface area (Å²) in [5.41, 5.74) is 2.40. The fourth-order valence-electron chi connectivity index (χ4n) is 3.70. The quantitative estimate of drug-likeness (QED) is 0.344. The van der Waals surface area contributed by atoms with Crippen LogP contribution in [0.15, 0.2) is 29.3 Å². The van der Waals surface area contributed by atoms with Gasteiger partial charge in [-0.05, 0) is 30.4 Å². The summed E-state index contributed by atoms with van der Waals surface area (Å²) < 4.78 is 0. The molecule has 1 amide bonds. The smallest absolute Gasteiger partial charge is 0.222 e. The Bertz CT molecular complexity index is 680. The molecule has 1 unspecified atom stereocenters. The van der Waals surface area contributed by atoms with Gasteiger partial charge in [-0.25, -0.2) is 4.99 Å². The van der Waals surface area contributed by atoms with Crippen molar-refractivity contribution in [1.29, 1.82) is 0 Å². The van der Waals surface area contributed by atoms with Gasteiger partial charge in [0, 0.05) is 50.1 Å². The topological polar surface area (TPSA) is 47.9 Å². The SMILES string of the molecule is CCNC(=NCc1ccc(CN2CCCC2=O)cc1)N1CCSC(C(C)C)C1.I. The Hall–Kier alpha value is -0.960. The lowest BCUT2D eigenvalue weighted by Crippen LogP contribution is -2.49. The van der Waals surface area contributed by atoms with Crippen molar-refractivity contribution in [3.05, 3.63) is 35.4 Å². The molecule has 2 aliphatic rings. The standard InChI is InChI=1S/C22H34N4OS.HI/c1-4-23-22(26-12-13-28-20(16-26)17(2)3)24-14-18-7-9-19(10-8-18)15-25-11-5-6-21(25)27;/h7-10,17,20H,4-6,11-16H2,1-3H3,(H,23,24);1H. The molecule has 3 rings (SSSR count). The Morgan fingerprint density at radius 2 is 1.97 bits per heavy atom. The summed E-state index contributed by atoms with van der Waals surface area (Å²) in [5, 5.41) is 4.14. The van der Waals surface area contributed by atoms with Crippen LogP contribution in [0, 0.1) is 5.92 Å². The van der Waals surface area contributed by atoms with Crippen molar-refractivity contribution in [3.63, 3.8) is 0 Å². The molecule has 5 nitrogen and oxygen atoms in total.